The quantitative estimate of drug-likeness (QED) is 0.744. The predicted octanol–water partition coefficient (Wildman–Crippen LogP) is 2.04. The topological polar surface area (TPSA) is 60.2 Å². The minimum Gasteiger partial charge on any atom is -0.445 e. The zero-order chi connectivity index (χ0) is 13.9. The average Bonchev–Trinajstić information content (AvgIpc) is 2.87. The largest absolute Gasteiger partial charge is 0.445 e. The lowest BCUT2D eigenvalue weighted by atomic mass is 10.2. The molecule has 0 saturated heterocycles. The van der Waals surface area contributed by atoms with Gasteiger partial charge in [0.25, 0.3) is 0 Å². The molecule has 1 aliphatic rings. The second kappa shape index (κ2) is 5.78. The SMILES string of the molecule is O=C(OCc1ccccc1)N1CCn2c(I)nnc2C1. The fraction of sp³-hybridized carbons (Fsp3) is 0.308. The first-order valence-electron chi connectivity index (χ1n) is 6.27. The van der Waals surface area contributed by atoms with E-state index in [1.807, 2.05) is 34.9 Å². The van der Waals surface area contributed by atoms with Crippen LogP contribution in [0.1, 0.15) is 11.4 Å². The molecule has 7 heteroatoms. The molecule has 1 aliphatic heterocycles. The number of ether oxygens (including phenoxy) is 1. The Kier molecular flexibility index (Phi) is 3.86. The van der Waals surface area contributed by atoms with Gasteiger partial charge in [0.2, 0.25) is 0 Å². The molecule has 6 nitrogen and oxygen atoms in total. The van der Waals surface area contributed by atoms with Gasteiger partial charge in [-0.05, 0) is 5.56 Å². The molecule has 1 amide bonds. The number of hydrogen-bond acceptors (Lipinski definition) is 4. The van der Waals surface area contributed by atoms with Crippen molar-refractivity contribution in [2.24, 2.45) is 0 Å². The fourth-order valence-electron chi connectivity index (χ4n) is 2.09. The summed E-state index contributed by atoms with van der Waals surface area (Å²) in [6, 6.07) is 9.65. The number of amides is 1. The van der Waals surface area contributed by atoms with Crippen molar-refractivity contribution in [2.75, 3.05) is 6.54 Å². The second-order valence-electron chi connectivity index (χ2n) is 4.50. The Bertz CT molecular complexity index is 614. The molecule has 0 radical (unpaired) electrons. The lowest BCUT2D eigenvalue weighted by Gasteiger charge is -2.26. The Balaban J connectivity index is 1.59. The van der Waals surface area contributed by atoms with Gasteiger partial charge in [-0.3, -0.25) is 4.90 Å². The monoisotopic (exact) mass is 384 g/mol. The molecule has 0 bridgehead atoms. The Labute approximate surface area is 129 Å². The summed E-state index contributed by atoms with van der Waals surface area (Å²) in [6.07, 6.45) is -0.307. The van der Waals surface area contributed by atoms with Crippen LogP contribution in [0.3, 0.4) is 0 Å². The van der Waals surface area contributed by atoms with Crippen molar-refractivity contribution in [3.63, 3.8) is 0 Å². The van der Waals surface area contributed by atoms with Crippen molar-refractivity contribution in [3.05, 3.63) is 45.6 Å². The van der Waals surface area contributed by atoms with E-state index in [0.29, 0.717) is 26.2 Å². The maximum absolute atomic E-state index is 12.0. The third-order valence-electron chi connectivity index (χ3n) is 3.17. The third kappa shape index (κ3) is 2.77. The molecule has 0 unspecified atom stereocenters. The van der Waals surface area contributed by atoms with Crippen LogP contribution in [0.15, 0.2) is 30.3 Å². The molecular formula is C13H13IN4O2. The molecule has 2 heterocycles. The van der Waals surface area contributed by atoms with E-state index in [2.05, 4.69) is 32.8 Å². The summed E-state index contributed by atoms with van der Waals surface area (Å²) in [5, 5.41) is 8.07. The number of carbonyl (C=O) groups is 1. The Hall–Kier alpha value is -1.64. The number of halogens is 1. The van der Waals surface area contributed by atoms with Gasteiger partial charge in [-0.2, -0.15) is 0 Å². The van der Waals surface area contributed by atoms with Crippen LogP contribution in [0.5, 0.6) is 0 Å². The van der Waals surface area contributed by atoms with Gasteiger partial charge in [-0.25, -0.2) is 4.79 Å². The third-order valence-corrected chi connectivity index (χ3v) is 3.97. The van der Waals surface area contributed by atoms with E-state index in [-0.39, 0.29) is 6.09 Å². The molecule has 104 valence electrons. The van der Waals surface area contributed by atoms with Crippen molar-refractivity contribution in [2.45, 2.75) is 19.7 Å². The van der Waals surface area contributed by atoms with Crippen LogP contribution in [0.25, 0.3) is 0 Å². The number of hydrogen-bond donors (Lipinski definition) is 0. The van der Waals surface area contributed by atoms with E-state index in [1.165, 1.54) is 0 Å². The lowest BCUT2D eigenvalue weighted by Crippen LogP contribution is -2.38. The van der Waals surface area contributed by atoms with Crippen LogP contribution in [-0.2, 0) is 24.4 Å². The molecule has 0 atom stereocenters. The number of benzene rings is 1. The maximum atomic E-state index is 12.0. The highest BCUT2D eigenvalue weighted by atomic mass is 127. The summed E-state index contributed by atoms with van der Waals surface area (Å²) in [5.41, 5.74) is 0.982. The van der Waals surface area contributed by atoms with Crippen LogP contribution in [0.4, 0.5) is 4.79 Å². The predicted molar refractivity (Wildman–Crippen MR) is 79.8 cm³/mol. The standard InChI is InChI=1S/C13H13IN4O2/c14-12-16-15-11-8-17(6-7-18(11)12)13(19)20-9-10-4-2-1-3-5-10/h1-5H,6-9H2. The summed E-state index contributed by atoms with van der Waals surface area (Å²) in [6.45, 7) is 2.07. The molecule has 1 aromatic carbocycles. The fourth-order valence-corrected chi connectivity index (χ4v) is 2.72. The van der Waals surface area contributed by atoms with E-state index < -0.39 is 0 Å². The summed E-state index contributed by atoms with van der Waals surface area (Å²) in [5.74, 6) is 0.803. The average molecular weight is 384 g/mol. The van der Waals surface area contributed by atoms with Gasteiger partial charge in [0.05, 0.1) is 6.54 Å². The normalized spacial score (nSPS) is 13.9. The molecule has 1 aromatic heterocycles. The molecule has 0 fully saturated rings. The van der Waals surface area contributed by atoms with Crippen molar-refractivity contribution < 1.29 is 9.53 Å². The van der Waals surface area contributed by atoms with E-state index in [0.717, 1.165) is 15.2 Å². The molecule has 0 N–H and O–H groups in total. The minimum absolute atomic E-state index is 0.292. The first-order valence-corrected chi connectivity index (χ1v) is 7.35. The zero-order valence-electron chi connectivity index (χ0n) is 10.7. The molecule has 20 heavy (non-hydrogen) atoms. The molecule has 0 spiro atoms. The first-order chi connectivity index (χ1) is 9.74. The number of aromatic nitrogens is 3. The van der Waals surface area contributed by atoms with E-state index in [9.17, 15) is 4.79 Å². The second-order valence-corrected chi connectivity index (χ2v) is 5.46. The van der Waals surface area contributed by atoms with Gasteiger partial charge in [0, 0.05) is 35.7 Å². The Morgan fingerprint density at radius 1 is 1.25 bits per heavy atom. The van der Waals surface area contributed by atoms with Crippen molar-refractivity contribution in [3.8, 4) is 0 Å². The van der Waals surface area contributed by atoms with Gasteiger partial charge in [0.15, 0.2) is 9.66 Å². The highest BCUT2D eigenvalue weighted by molar-refractivity contribution is 14.1. The molecule has 3 rings (SSSR count). The van der Waals surface area contributed by atoms with Gasteiger partial charge < -0.3 is 9.30 Å². The molecule has 0 aliphatic carbocycles. The highest BCUT2D eigenvalue weighted by Crippen LogP contribution is 2.15. The summed E-state index contributed by atoms with van der Waals surface area (Å²) >= 11 is 2.14. The van der Waals surface area contributed by atoms with Crippen LogP contribution in [0.2, 0.25) is 0 Å². The van der Waals surface area contributed by atoms with Crippen molar-refractivity contribution in [1.29, 1.82) is 0 Å². The van der Waals surface area contributed by atoms with Crippen LogP contribution in [0, 0.1) is 3.83 Å². The van der Waals surface area contributed by atoms with Crippen molar-refractivity contribution in [1.82, 2.24) is 19.7 Å². The van der Waals surface area contributed by atoms with E-state index in [4.69, 9.17) is 4.74 Å². The number of fused-ring (bicyclic) bond motifs is 1. The van der Waals surface area contributed by atoms with Gasteiger partial charge in [-0.1, -0.05) is 30.3 Å². The first kappa shape index (κ1) is 13.3. The molecular weight excluding hydrogens is 371 g/mol. The summed E-state index contributed by atoms with van der Waals surface area (Å²) < 4.78 is 8.19. The van der Waals surface area contributed by atoms with Crippen LogP contribution in [-0.4, -0.2) is 32.3 Å². The van der Waals surface area contributed by atoms with Crippen molar-refractivity contribution >= 4 is 28.7 Å². The molecule has 0 saturated carbocycles. The lowest BCUT2D eigenvalue weighted by molar-refractivity contribution is 0.0860. The Morgan fingerprint density at radius 3 is 2.85 bits per heavy atom. The minimum atomic E-state index is -0.307. The zero-order valence-corrected chi connectivity index (χ0v) is 12.9. The van der Waals surface area contributed by atoms with Gasteiger partial charge in [-0.15, -0.1) is 10.2 Å². The summed E-state index contributed by atoms with van der Waals surface area (Å²) in [4.78, 5) is 13.7. The van der Waals surface area contributed by atoms with Gasteiger partial charge in [0.1, 0.15) is 6.61 Å². The maximum Gasteiger partial charge on any atom is 0.410 e. The van der Waals surface area contributed by atoms with Crippen LogP contribution < -0.4 is 0 Å². The Morgan fingerprint density at radius 2 is 2.05 bits per heavy atom. The number of nitrogens with zero attached hydrogens (tertiary/aromatic N) is 4. The number of rotatable bonds is 2. The van der Waals surface area contributed by atoms with E-state index >= 15 is 0 Å². The van der Waals surface area contributed by atoms with Crippen LogP contribution >= 0.6 is 22.6 Å². The molecule has 2 aromatic rings. The highest BCUT2D eigenvalue weighted by Gasteiger charge is 2.24. The summed E-state index contributed by atoms with van der Waals surface area (Å²) in [7, 11) is 0. The van der Waals surface area contributed by atoms with E-state index in [1.54, 1.807) is 4.90 Å². The number of carbonyl (C=O) groups excluding carboxylic acids is 1. The van der Waals surface area contributed by atoms with Gasteiger partial charge >= 0.3 is 6.09 Å². The smallest absolute Gasteiger partial charge is 0.410 e.